The average molecular weight is 321 g/mol. The van der Waals surface area contributed by atoms with Crippen LogP contribution in [0.2, 0.25) is 5.02 Å². The van der Waals surface area contributed by atoms with Crippen molar-refractivity contribution in [3.05, 3.63) is 23.2 Å². The lowest BCUT2D eigenvalue weighted by molar-refractivity contribution is 0.128. The van der Waals surface area contributed by atoms with Crippen molar-refractivity contribution < 1.29 is 13.2 Å². The number of nitrogen functional groups attached to an aromatic ring is 1. The predicted octanol–water partition coefficient (Wildman–Crippen LogP) is 2.26. The van der Waals surface area contributed by atoms with Gasteiger partial charge in [-0.25, -0.2) is 13.1 Å². The van der Waals surface area contributed by atoms with E-state index < -0.39 is 10.0 Å². The van der Waals surface area contributed by atoms with E-state index in [1.807, 2.05) is 0 Å². The quantitative estimate of drug-likeness (QED) is 0.568. The number of hydrogen-bond donors (Lipinski definition) is 2. The molecule has 1 aromatic rings. The fraction of sp³-hybridized carbons (Fsp3) is 0.538. The highest BCUT2D eigenvalue weighted by molar-refractivity contribution is 7.89. The van der Waals surface area contributed by atoms with E-state index in [2.05, 4.69) is 18.6 Å². The molecule has 114 valence electrons. The number of benzene rings is 1. The summed E-state index contributed by atoms with van der Waals surface area (Å²) >= 11 is 5.87. The molecule has 0 aliphatic heterocycles. The standard InChI is InChI=1S/C13H21ClN2O3S/c1-10(2)5-7-19-8-6-16-20(17,18)13-9-11(15)3-4-12(13)14/h3-4,9-10,16H,5-8,15H2,1-2H3. The Kier molecular flexibility index (Phi) is 6.75. The van der Waals surface area contributed by atoms with Crippen LogP contribution in [0.5, 0.6) is 0 Å². The van der Waals surface area contributed by atoms with Crippen molar-refractivity contribution in [2.24, 2.45) is 5.92 Å². The minimum Gasteiger partial charge on any atom is -0.399 e. The van der Waals surface area contributed by atoms with E-state index in [-0.39, 0.29) is 16.5 Å². The van der Waals surface area contributed by atoms with Crippen LogP contribution in [0.15, 0.2) is 23.1 Å². The Morgan fingerprint density at radius 3 is 2.70 bits per heavy atom. The minimum atomic E-state index is -3.66. The highest BCUT2D eigenvalue weighted by Crippen LogP contribution is 2.23. The number of sulfonamides is 1. The molecular weight excluding hydrogens is 300 g/mol. The van der Waals surface area contributed by atoms with Gasteiger partial charge >= 0.3 is 0 Å². The molecule has 5 nitrogen and oxygen atoms in total. The van der Waals surface area contributed by atoms with Gasteiger partial charge in [0.2, 0.25) is 10.0 Å². The number of nitrogens with two attached hydrogens (primary N) is 1. The van der Waals surface area contributed by atoms with Gasteiger partial charge < -0.3 is 10.5 Å². The number of ether oxygens (including phenoxy) is 1. The molecule has 0 fully saturated rings. The summed E-state index contributed by atoms with van der Waals surface area (Å²) in [5.74, 6) is 0.567. The van der Waals surface area contributed by atoms with Crippen LogP contribution < -0.4 is 10.5 Å². The minimum absolute atomic E-state index is 0.0126. The van der Waals surface area contributed by atoms with Crippen molar-refractivity contribution >= 4 is 27.3 Å². The smallest absolute Gasteiger partial charge is 0.242 e. The molecule has 1 aromatic carbocycles. The predicted molar refractivity (Wildman–Crippen MR) is 81.3 cm³/mol. The number of anilines is 1. The molecule has 20 heavy (non-hydrogen) atoms. The molecule has 0 atom stereocenters. The fourth-order valence-electron chi connectivity index (χ4n) is 1.47. The van der Waals surface area contributed by atoms with Crippen molar-refractivity contribution in [2.45, 2.75) is 25.2 Å². The second-order valence-corrected chi connectivity index (χ2v) is 7.03. The molecule has 0 radical (unpaired) electrons. The van der Waals surface area contributed by atoms with E-state index >= 15 is 0 Å². The van der Waals surface area contributed by atoms with Crippen LogP contribution >= 0.6 is 11.6 Å². The van der Waals surface area contributed by atoms with E-state index in [1.165, 1.54) is 12.1 Å². The normalized spacial score (nSPS) is 12.0. The zero-order valence-electron chi connectivity index (χ0n) is 11.7. The van der Waals surface area contributed by atoms with Crippen molar-refractivity contribution in [1.29, 1.82) is 0 Å². The summed E-state index contributed by atoms with van der Waals surface area (Å²) in [4.78, 5) is -0.0126. The first kappa shape index (κ1) is 17.2. The summed E-state index contributed by atoms with van der Waals surface area (Å²) in [7, 11) is -3.66. The number of hydrogen-bond acceptors (Lipinski definition) is 4. The number of rotatable bonds is 8. The molecule has 0 aliphatic rings. The van der Waals surface area contributed by atoms with Crippen molar-refractivity contribution in [1.82, 2.24) is 4.72 Å². The molecule has 0 unspecified atom stereocenters. The topological polar surface area (TPSA) is 81.4 Å². The third kappa shape index (κ3) is 5.66. The third-order valence-corrected chi connectivity index (χ3v) is 4.57. The van der Waals surface area contributed by atoms with Gasteiger partial charge in [-0.3, -0.25) is 0 Å². The molecule has 0 bridgehead atoms. The van der Waals surface area contributed by atoms with Crippen molar-refractivity contribution in [2.75, 3.05) is 25.5 Å². The number of halogens is 1. The van der Waals surface area contributed by atoms with E-state index in [0.717, 1.165) is 6.42 Å². The van der Waals surface area contributed by atoms with Gasteiger partial charge in [0.1, 0.15) is 4.90 Å². The van der Waals surface area contributed by atoms with E-state index in [4.69, 9.17) is 22.1 Å². The lowest BCUT2D eigenvalue weighted by atomic mass is 10.1. The molecule has 0 amide bonds. The maximum atomic E-state index is 12.0. The van der Waals surface area contributed by atoms with Gasteiger partial charge in [-0.15, -0.1) is 0 Å². The van der Waals surface area contributed by atoms with E-state index in [1.54, 1.807) is 6.07 Å². The summed E-state index contributed by atoms with van der Waals surface area (Å²) in [6.45, 7) is 5.36. The highest BCUT2D eigenvalue weighted by Gasteiger charge is 2.17. The Bertz CT molecular complexity index is 532. The van der Waals surface area contributed by atoms with Crippen LogP contribution in [-0.2, 0) is 14.8 Å². The zero-order valence-corrected chi connectivity index (χ0v) is 13.3. The van der Waals surface area contributed by atoms with Crippen molar-refractivity contribution in [3.63, 3.8) is 0 Å². The fourth-order valence-corrected chi connectivity index (χ4v) is 3.02. The van der Waals surface area contributed by atoms with Crippen LogP contribution in [0.4, 0.5) is 5.69 Å². The van der Waals surface area contributed by atoms with Crippen LogP contribution in [0.1, 0.15) is 20.3 Å². The van der Waals surface area contributed by atoms with Gasteiger partial charge in [0.15, 0.2) is 0 Å². The van der Waals surface area contributed by atoms with Crippen LogP contribution in [0, 0.1) is 5.92 Å². The average Bonchev–Trinajstić information content (AvgIpc) is 2.36. The molecule has 3 N–H and O–H groups in total. The van der Waals surface area contributed by atoms with Gasteiger partial charge in [-0.1, -0.05) is 25.4 Å². The van der Waals surface area contributed by atoms with Gasteiger partial charge in [0.05, 0.1) is 11.6 Å². The second-order valence-electron chi connectivity index (χ2n) is 4.88. The summed E-state index contributed by atoms with van der Waals surface area (Å²) in [5.41, 5.74) is 5.92. The molecule has 1 rings (SSSR count). The lowest BCUT2D eigenvalue weighted by Gasteiger charge is -2.10. The largest absolute Gasteiger partial charge is 0.399 e. The maximum Gasteiger partial charge on any atom is 0.242 e. The Morgan fingerprint density at radius 2 is 2.05 bits per heavy atom. The summed E-state index contributed by atoms with van der Waals surface area (Å²) in [5, 5.41) is 0.146. The zero-order chi connectivity index (χ0) is 15.2. The maximum absolute atomic E-state index is 12.0. The first-order valence-corrected chi connectivity index (χ1v) is 8.31. The first-order valence-electron chi connectivity index (χ1n) is 6.45. The molecular formula is C13H21ClN2O3S. The third-order valence-electron chi connectivity index (χ3n) is 2.62. The first-order chi connectivity index (χ1) is 9.33. The van der Waals surface area contributed by atoms with E-state index in [0.29, 0.717) is 24.8 Å². The Labute approximate surface area is 125 Å². The number of nitrogens with one attached hydrogen (secondary N) is 1. The van der Waals surface area contributed by atoms with Crippen LogP contribution in [0.3, 0.4) is 0 Å². The Morgan fingerprint density at radius 1 is 1.35 bits per heavy atom. The van der Waals surface area contributed by atoms with Gasteiger partial charge in [0, 0.05) is 18.8 Å². The second kappa shape index (κ2) is 7.83. The highest BCUT2D eigenvalue weighted by atomic mass is 35.5. The summed E-state index contributed by atoms with van der Waals surface area (Å²) in [6, 6.07) is 4.35. The molecule has 7 heteroatoms. The van der Waals surface area contributed by atoms with E-state index in [9.17, 15) is 8.42 Å². The Hall–Kier alpha value is -0.820. The van der Waals surface area contributed by atoms with Crippen LogP contribution in [0.25, 0.3) is 0 Å². The molecule has 0 aliphatic carbocycles. The molecule has 0 saturated carbocycles. The van der Waals surface area contributed by atoms with Crippen molar-refractivity contribution in [3.8, 4) is 0 Å². The monoisotopic (exact) mass is 320 g/mol. The van der Waals surface area contributed by atoms with Gasteiger partial charge in [-0.2, -0.15) is 0 Å². The lowest BCUT2D eigenvalue weighted by Crippen LogP contribution is -2.28. The van der Waals surface area contributed by atoms with Gasteiger partial charge in [-0.05, 0) is 30.5 Å². The van der Waals surface area contributed by atoms with Gasteiger partial charge in [0.25, 0.3) is 0 Å². The molecule has 0 saturated heterocycles. The van der Waals surface area contributed by atoms with Crippen LogP contribution in [-0.4, -0.2) is 28.2 Å². The summed E-state index contributed by atoms with van der Waals surface area (Å²) in [6.07, 6.45) is 0.952. The molecule has 0 aromatic heterocycles. The SMILES string of the molecule is CC(C)CCOCCNS(=O)(=O)c1cc(N)ccc1Cl. The Balaban J connectivity index is 2.48. The molecule has 0 heterocycles. The summed E-state index contributed by atoms with van der Waals surface area (Å²) < 4.78 is 31.9. The molecule has 0 spiro atoms.